The van der Waals surface area contributed by atoms with E-state index in [-0.39, 0.29) is 27.4 Å². The van der Waals surface area contributed by atoms with E-state index >= 15 is 0 Å². The zero-order chi connectivity index (χ0) is 26.4. The van der Waals surface area contributed by atoms with Crippen LogP contribution in [0.1, 0.15) is 45.0 Å². The second-order valence-corrected chi connectivity index (χ2v) is 9.78. The first kappa shape index (κ1) is 24.5. The molecule has 2 aromatic carbocycles. The second-order valence-electron chi connectivity index (χ2n) is 8.80. The Balaban J connectivity index is 1.68. The Bertz CT molecular complexity index is 1460. The number of carbonyl (C=O) groups is 3. The number of carbonyl (C=O) groups excluding carboxylic acids is 3. The number of fused-ring (bicyclic) bond motifs is 1. The number of ketones is 1. The Morgan fingerprint density at radius 3 is 2.57 bits per heavy atom. The number of benzene rings is 2. The van der Waals surface area contributed by atoms with Crippen molar-refractivity contribution in [1.29, 1.82) is 0 Å². The quantitative estimate of drug-likeness (QED) is 0.230. The van der Waals surface area contributed by atoms with Gasteiger partial charge >= 0.3 is 11.9 Å². The van der Waals surface area contributed by atoms with Crippen molar-refractivity contribution >= 4 is 39.9 Å². The van der Waals surface area contributed by atoms with Gasteiger partial charge in [0.15, 0.2) is 5.13 Å². The van der Waals surface area contributed by atoms with Crippen LogP contribution in [0.4, 0.5) is 5.13 Å². The third kappa shape index (κ3) is 4.13. The molecule has 190 valence electrons. The molecule has 10 heteroatoms. The molecule has 0 spiro atoms. The van der Waals surface area contributed by atoms with Crippen LogP contribution in [0.15, 0.2) is 48.0 Å². The number of methoxy groups -OCH3 is 2. The predicted molar refractivity (Wildman–Crippen MR) is 136 cm³/mol. The summed E-state index contributed by atoms with van der Waals surface area (Å²) in [4.78, 5) is 44.8. The molecule has 0 radical (unpaired) electrons. The maximum Gasteiger partial charge on any atom is 0.350 e. The average molecular weight is 521 g/mol. The van der Waals surface area contributed by atoms with Crippen molar-refractivity contribution in [3.8, 4) is 11.5 Å². The van der Waals surface area contributed by atoms with Gasteiger partial charge in [0.25, 0.3) is 5.78 Å². The van der Waals surface area contributed by atoms with Gasteiger partial charge < -0.3 is 19.3 Å². The van der Waals surface area contributed by atoms with E-state index < -0.39 is 23.7 Å². The van der Waals surface area contributed by atoms with Crippen molar-refractivity contribution in [3.63, 3.8) is 0 Å². The number of Topliss-reactive ketones (excluding diaryl/α,β-unsaturated/α-hetero) is 1. The lowest BCUT2D eigenvalue weighted by atomic mass is 9.94. The van der Waals surface area contributed by atoms with Gasteiger partial charge in [0.05, 0.1) is 31.5 Å². The number of esters is 1. The maximum absolute atomic E-state index is 13.4. The molecule has 0 bridgehead atoms. The van der Waals surface area contributed by atoms with Gasteiger partial charge in [0, 0.05) is 12.0 Å². The zero-order valence-corrected chi connectivity index (χ0v) is 21.4. The lowest BCUT2D eigenvalue weighted by Crippen LogP contribution is -2.29. The Morgan fingerprint density at radius 1 is 1.16 bits per heavy atom. The van der Waals surface area contributed by atoms with E-state index in [1.54, 1.807) is 49.4 Å². The minimum atomic E-state index is -0.981. The number of aromatic nitrogens is 1. The van der Waals surface area contributed by atoms with Crippen LogP contribution in [0.5, 0.6) is 11.5 Å². The SMILES string of the molecule is COC(=O)c1sc(N2C(=O)C(=O)/C(=C(/O)c3ccc4c(c3)C[C@H](C)O4)[C@H]2c2ccc(OC)cc2)nc1C. The molecule has 3 aromatic rings. The highest BCUT2D eigenvalue weighted by atomic mass is 32.1. The maximum atomic E-state index is 13.4. The molecule has 1 saturated heterocycles. The van der Waals surface area contributed by atoms with E-state index in [1.165, 1.54) is 19.1 Å². The molecule has 0 unspecified atom stereocenters. The van der Waals surface area contributed by atoms with Crippen molar-refractivity contribution in [3.05, 3.63) is 75.3 Å². The van der Waals surface area contributed by atoms with Gasteiger partial charge in [-0.1, -0.05) is 23.5 Å². The van der Waals surface area contributed by atoms with Crippen molar-refractivity contribution in [2.75, 3.05) is 19.1 Å². The Kier molecular flexibility index (Phi) is 6.20. The molecular formula is C27H24N2O7S. The van der Waals surface area contributed by atoms with E-state index in [0.29, 0.717) is 29.0 Å². The fraction of sp³-hybridized carbons (Fsp3) is 0.259. The molecule has 1 amide bonds. The van der Waals surface area contributed by atoms with Gasteiger partial charge in [-0.15, -0.1) is 0 Å². The van der Waals surface area contributed by atoms with Crippen LogP contribution >= 0.6 is 11.3 Å². The number of aliphatic hydroxyl groups excluding tert-OH is 1. The van der Waals surface area contributed by atoms with Gasteiger partial charge in [-0.2, -0.15) is 0 Å². The number of aryl methyl sites for hydroxylation is 1. The minimum absolute atomic E-state index is 0.00873. The second kappa shape index (κ2) is 9.36. The molecule has 1 aromatic heterocycles. The van der Waals surface area contributed by atoms with Gasteiger partial charge in [-0.05, 0) is 55.3 Å². The summed E-state index contributed by atoms with van der Waals surface area (Å²) in [5.41, 5.74) is 2.17. The fourth-order valence-electron chi connectivity index (χ4n) is 4.62. The summed E-state index contributed by atoms with van der Waals surface area (Å²) in [6.07, 6.45) is 0.677. The summed E-state index contributed by atoms with van der Waals surface area (Å²) in [6, 6.07) is 11.0. The normalized spacial score (nSPS) is 20.1. The number of ether oxygens (including phenoxy) is 3. The van der Waals surface area contributed by atoms with Gasteiger partial charge in [0.2, 0.25) is 0 Å². The van der Waals surface area contributed by atoms with Crippen molar-refractivity contribution in [2.45, 2.75) is 32.4 Å². The molecule has 0 aliphatic carbocycles. The predicted octanol–water partition coefficient (Wildman–Crippen LogP) is 4.20. The molecule has 5 rings (SSSR count). The highest BCUT2D eigenvalue weighted by Gasteiger charge is 2.48. The minimum Gasteiger partial charge on any atom is -0.507 e. The number of aliphatic hydroxyl groups is 1. The van der Waals surface area contributed by atoms with E-state index in [1.807, 2.05) is 6.92 Å². The zero-order valence-electron chi connectivity index (χ0n) is 20.6. The Hall–Kier alpha value is -4.18. The number of hydrogen-bond donors (Lipinski definition) is 1. The van der Waals surface area contributed by atoms with Crippen LogP contribution in [-0.2, 0) is 20.7 Å². The molecule has 2 aliphatic heterocycles. The molecule has 2 atom stereocenters. The number of rotatable bonds is 5. The summed E-state index contributed by atoms with van der Waals surface area (Å²) in [7, 11) is 2.79. The molecule has 37 heavy (non-hydrogen) atoms. The topological polar surface area (TPSA) is 115 Å². The van der Waals surface area contributed by atoms with E-state index in [4.69, 9.17) is 14.2 Å². The summed E-state index contributed by atoms with van der Waals surface area (Å²) in [5.74, 6) is -1.28. The first-order valence-corrected chi connectivity index (χ1v) is 12.4. The lowest BCUT2D eigenvalue weighted by Gasteiger charge is -2.23. The van der Waals surface area contributed by atoms with Gasteiger partial charge in [0.1, 0.15) is 28.2 Å². The Morgan fingerprint density at radius 2 is 1.89 bits per heavy atom. The lowest BCUT2D eigenvalue weighted by molar-refractivity contribution is -0.132. The van der Waals surface area contributed by atoms with Crippen LogP contribution in [0.2, 0.25) is 0 Å². The third-order valence-electron chi connectivity index (χ3n) is 6.41. The Labute approximate surface area is 216 Å². The molecular weight excluding hydrogens is 496 g/mol. The van der Waals surface area contributed by atoms with Gasteiger partial charge in [-0.3, -0.25) is 14.5 Å². The largest absolute Gasteiger partial charge is 0.507 e. The summed E-state index contributed by atoms with van der Waals surface area (Å²) < 4.78 is 15.8. The van der Waals surface area contributed by atoms with E-state index in [2.05, 4.69) is 4.98 Å². The van der Waals surface area contributed by atoms with Crippen molar-refractivity contribution in [2.24, 2.45) is 0 Å². The van der Waals surface area contributed by atoms with Crippen LogP contribution in [0.3, 0.4) is 0 Å². The van der Waals surface area contributed by atoms with Crippen LogP contribution in [0.25, 0.3) is 5.76 Å². The first-order chi connectivity index (χ1) is 17.7. The molecule has 1 N–H and O–H groups in total. The third-order valence-corrected chi connectivity index (χ3v) is 7.54. The smallest absolute Gasteiger partial charge is 0.350 e. The number of thiazole rings is 1. The standard InChI is InChI=1S/C27H24N2O7S/c1-13-11-17-12-16(7-10-19(17)36-13)22(30)20-21(15-5-8-18(34-3)9-6-15)29(25(32)23(20)31)27-28-14(2)24(37-27)26(33)35-4/h5-10,12-13,21,30H,11H2,1-4H3/b22-20+/t13-,21+/m0/s1. The number of amides is 1. The van der Waals surface area contributed by atoms with Gasteiger partial charge in [-0.25, -0.2) is 9.78 Å². The highest BCUT2D eigenvalue weighted by Crippen LogP contribution is 2.44. The average Bonchev–Trinajstić information content (AvgIpc) is 3.55. The number of hydrogen-bond acceptors (Lipinski definition) is 9. The number of anilines is 1. The molecule has 1 fully saturated rings. The molecule has 2 aliphatic rings. The van der Waals surface area contributed by atoms with Crippen LogP contribution in [-0.4, -0.2) is 48.1 Å². The monoisotopic (exact) mass is 520 g/mol. The fourth-order valence-corrected chi connectivity index (χ4v) is 5.64. The van der Waals surface area contributed by atoms with Crippen molar-refractivity contribution in [1.82, 2.24) is 4.98 Å². The van der Waals surface area contributed by atoms with Crippen LogP contribution < -0.4 is 14.4 Å². The highest BCUT2D eigenvalue weighted by molar-refractivity contribution is 7.17. The molecule has 0 saturated carbocycles. The van der Waals surface area contributed by atoms with Crippen molar-refractivity contribution < 1.29 is 33.7 Å². The first-order valence-electron chi connectivity index (χ1n) is 11.5. The van der Waals surface area contributed by atoms with E-state index in [0.717, 1.165) is 22.6 Å². The van der Waals surface area contributed by atoms with Crippen LogP contribution in [0, 0.1) is 6.92 Å². The molecule has 3 heterocycles. The summed E-state index contributed by atoms with van der Waals surface area (Å²) >= 11 is 0.949. The molecule has 9 nitrogen and oxygen atoms in total. The summed E-state index contributed by atoms with van der Waals surface area (Å²) in [6.45, 7) is 3.58. The summed E-state index contributed by atoms with van der Waals surface area (Å²) in [5, 5.41) is 11.6. The number of nitrogens with zero attached hydrogens (tertiary/aromatic N) is 2. The van der Waals surface area contributed by atoms with E-state index in [9.17, 15) is 19.5 Å².